The largest absolute Gasteiger partial charge is 0.363 e. The average molecular weight is 248 g/mol. The van der Waals surface area contributed by atoms with Crippen molar-refractivity contribution in [3.63, 3.8) is 0 Å². The average Bonchev–Trinajstić information content (AvgIpc) is 2.76. The lowest BCUT2D eigenvalue weighted by atomic mass is 9.99. The van der Waals surface area contributed by atoms with Crippen molar-refractivity contribution in [2.45, 2.75) is 39.2 Å². The van der Waals surface area contributed by atoms with E-state index in [-0.39, 0.29) is 5.54 Å². The van der Waals surface area contributed by atoms with Gasteiger partial charge in [0, 0.05) is 12.6 Å². The van der Waals surface area contributed by atoms with Gasteiger partial charge in [-0.3, -0.25) is 0 Å². The zero-order chi connectivity index (χ0) is 13.2. The van der Waals surface area contributed by atoms with Crippen LogP contribution in [0.3, 0.4) is 0 Å². The minimum atomic E-state index is -0.00778. The van der Waals surface area contributed by atoms with Crippen LogP contribution in [0.1, 0.15) is 33.6 Å². The van der Waals surface area contributed by atoms with E-state index < -0.39 is 0 Å². The second kappa shape index (κ2) is 4.80. The number of hydrogen-bond donors (Lipinski definition) is 3. The molecule has 3 N–H and O–H groups in total. The number of fused-ring (bicyclic) bond motifs is 1. The molecule has 0 aliphatic carbocycles. The van der Waals surface area contributed by atoms with Gasteiger partial charge in [-0.15, -0.1) is 0 Å². The van der Waals surface area contributed by atoms with E-state index in [1.165, 1.54) is 0 Å². The van der Waals surface area contributed by atoms with E-state index in [1.54, 1.807) is 13.4 Å². The van der Waals surface area contributed by atoms with Crippen molar-refractivity contribution in [1.29, 1.82) is 0 Å². The summed E-state index contributed by atoms with van der Waals surface area (Å²) in [6.45, 7) is 6.51. The highest BCUT2D eigenvalue weighted by molar-refractivity contribution is 5.83. The van der Waals surface area contributed by atoms with E-state index in [4.69, 9.17) is 0 Å². The smallest absolute Gasteiger partial charge is 0.226 e. The van der Waals surface area contributed by atoms with Gasteiger partial charge in [0.05, 0.1) is 6.33 Å². The van der Waals surface area contributed by atoms with Crippen LogP contribution in [0.15, 0.2) is 6.33 Å². The van der Waals surface area contributed by atoms with Gasteiger partial charge in [-0.05, 0) is 20.3 Å². The molecule has 0 aromatic carbocycles. The molecule has 0 fully saturated rings. The van der Waals surface area contributed by atoms with Crippen molar-refractivity contribution in [2.24, 2.45) is 0 Å². The number of aromatic nitrogens is 4. The maximum Gasteiger partial charge on any atom is 0.226 e. The van der Waals surface area contributed by atoms with E-state index in [2.05, 4.69) is 51.3 Å². The lowest BCUT2D eigenvalue weighted by molar-refractivity contribution is 0.509. The molecule has 0 aliphatic heterocycles. The number of imidazole rings is 1. The molecule has 0 unspecified atom stereocenters. The molecular weight excluding hydrogens is 228 g/mol. The highest BCUT2D eigenvalue weighted by Gasteiger charge is 2.19. The maximum absolute atomic E-state index is 4.45. The lowest BCUT2D eigenvalue weighted by Crippen LogP contribution is -2.31. The van der Waals surface area contributed by atoms with Crippen LogP contribution >= 0.6 is 0 Å². The molecule has 0 amide bonds. The number of hydrogen-bond acceptors (Lipinski definition) is 5. The monoisotopic (exact) mass is 248 g/mol. The fourth-order valence-corrected chi connectivity index (χ4v) is 2.04. The third-order valence-electron chi connectivity index (χ3n) is 2.84. The van der Waals surface area contributed by atoms with Crippen LogP contribution in [0, 0.1) is 0 Å². The van der Waals surface area contributed by atoms with Crippen molar-refractivity contribution in [2.75, 3.05) is 17.7 Å². The van der Waals surface area contributed by atoms with Gasteiger partial charge in [0.1, 0.15) is 5.52 Å². The molecule has 2 heterocycles. The number of anilines is 2. The molecule has 6 nitrogen and oxygen atoms in total. The number of aromatic amines is 1. The molecule has 0 spiro atoms. The Morgan fingerprint density at radius 1 is 1.33 bits per heavy atom. The highest BCUT2D eigenvalue weighted by Crippen LogP contribution is 2.24. The molecule has 0 radical (unpaired) electrons. The van der Waals surface area contributed by atoms with Crippen LogP contribution in [0.2, 0.25) is 0 Å². The summed E-state index contributed by atoms with van der Waals surface area (Å²) < 4.78 is 0. The zero-order valence-electron chi connectivity index (χ0n) is 11.3. The molecule has 0 atom stereocenters. The van der Waals surface area contributed by atoms with E-state index >= 15 is 0 Å². The zero-order valence-corrected chi connectivity index (χ0v) is 11.3. The van der Waals surface area contributed by atoms with Gasteiger partial charge in [0.2, 0.25) is 5.95 Å². The van der Waals surface area contributed by atoms with Crippen LogP contribution < -0.4 is 10.6 Å². The van der Waals surface area contributed by atoms with Crippen LogP contribution in [0.4, 0.5) is 11.8 Å². The third kappa shape index (κ3) is 2.52. The number of nitrogens with one attached hydrogen (secondary N) is 3. The first kappa shape index (κ1) is 12.6. The Bertz CT molecular complexity index is 530. The van der Waals surface area contributed by atoms with Gasteiger partial charge < -0.3 is 15.6 Å². The Balaban J connectivity index is 2.39. The van der Waals surface area contributed by atoms with Crippen LogP contribution in [-0.2, 0) is 0 Å². The predicted molar refractivity (Wildman–Crippen MR) is 73.8 cm³/mol. The molecule has 2 aromatic rings. The van der Waals surface area contributed by atoms with Crippen LogP contribution in [-0.4, -0.2) is 32.5 Å². The fraction of sp³-hybridized carbons (Fsp3) is 0.583. The van der Waals surface area contributed by atoms with Crippen molar-refractivity contribution in [3.8, 4) is 0 Å². The topological polar surface area (TPSA) is 78.5 Å². The molecule has 0 saturated heterocycles. The quantitative estimate of drug-likeness (QED) is 0.757. The summed E-state index contributed by atoms with van der Waals surface area (Å²) in [6.07, 6.45) is 3.83. The summed E-state index contributed by atoms with van der Waals surface area (Å²) >= 11 is 0. The van der Waals surface area contributed by atoms with Gasteiger partial charge in [-0.25, -0.2) is 4.98 Å². The third-order valence-corrected chi connectivity index (χ3v) is 2.84. The lowest BCUT2D eigenvalue weighted by Gasteiger charge is -2.26. The molecular formula is C12H20N6. The Hall–Kier alpha value is -1.85. The number of rotatable bonds is 5. The van der Waals surface area contributed by atoms with Crippen molar-refractivity contribution in [1.82, 2.24) is 19.9 Å². The van der Waals surface area contributed by atoms with E-state index in [0.29, 0.717) is 11.6 Å². The Morgan fingerprint density at radius 3 is 2.78 bits per heavy atom. The van der Waals surface area contributed by atoms with Gasteiger partial charge >= 0.3 is 0 Å². The summed E-state index contributed by atoms with van der Waals surface area (Å²) in [5, 5.41) is 6.41. The second-order valence-electron chi connectivity index (χ2n) is 5.01. The Labute approximate surface area is 107 Å². The van der Waals surface area contributed by atoms with Crippen molar-refractivity contribution in [3.05, 3.63) is 6.33 Å². The van der Waals surface area contributed by atoms with Crippen molar-refractivity contribution < 1.29 is 0 Å². The Kier molecular flexibility index (Phi) is 3.36. The molecule has 2 rings (SSSR count). The predicted octanol–water partition coefficient (Wildman–Crippen LogP) is 2.39. The SMILES string of the molecule is CCCC(C)(C)Nc1nc(NC)nc2nc[nH]c12. The summed E-state index contributed by atoms with van der Waals surface area (Å²) in [5.74, 6) is 1.37. The molecule has 0 saturated carbocycles. The second-order valence-corrected chi connectivity index (χ2v) is 5.01. The van der Waals surface area contributed by atoms with Gasteiger partial charge in [0.25, 0.3) is 0 Å². The number of H-pyrrole nitrogens is 1. The van der Waals surface area contributed by atoms with E-state index in [0.717, 1.165) is 24.2 Å². The molecule has 0 bridgehead atoms. The molecule has 0 aliphatic rings. The first-order valence-electron chi connectivity index (χ1n) is 6.23. The van der Waals surface area contributed by atoms with Gasteiger partial charge in [-0.2, -0.15) is 9.97 Å². The van der Waals surface area contributed by atoms with Crippen molar-refractivity contribution >= 4 is 22.9 Å². The minimum absolute atomic E-state index is 0.00778. The minimum Gasteiger partial charge on any atom is -0.363 e. The first-order chi connectivity index (χ1) is 8.55. The van der Waals surface area contributed by atoms with E-state index in [9.17, 15) is 0 Å². The first-order valence-corrected chi connectivity index (χ1v) is 6.23. The molecule has 18 heavy (non-hydrogen) atoms. The Morgan fingerprint density at radius 2 is 2.11 bits per heavy atom. The fourth-order valence-electron chi connectivity index (χ4n) is 2.04. The summed E-state index contributed by atoms with van der Waals surface area (Å²) in [6, 6.07) is 0. The van der Waals surface area contributed by atoms with E-state index in [1.807, 2.05) is 0 Å². The normalized spacial score (nSPS) is 11.8. The van der Waals surface area contributed by atoms with Crippen LogP contribution in [0.25, 0.3) is 11.2 Å². The maximum atomic E-state index is 4.45. The van der Waals surface area contributed by atoms with Crippen LogP contribution in [0.5, 0.6) is 0 Å². The molecule has 98 valence electrons. The standard InChI is InChI=1S/C12H20N6/c1-5-6-12(2,3)18-10-8-9(15-7-14-8)16-11(13-4)17-10/h7H,5-6H2,1-4H3,(H3,13,14,15,16,17,18). The van der Waals surface area contributed by atoms with Gasteiger partial charge in [-0.1, -0.05) is 13.3 Å². The summed E-state index contributed by atoms with van der Waals surface area (Å²) in [7, 11) is 1.80. The summed E-state index contributed by atoms with van der Waals surface area (Å²) in [4.78, 5) is 16.0. The highest BCUT2D eigenvalue weighted by atomic mass is 15.2. The summed E-state index contributed by atoms with van der Waals surface area (Å²) in [5.41, 5.74) is 1.51. The molecule has 2 aromatic heterocycles. The number of nitrogens with zero attached hydrogens (tertiary/aromatic N) is 3. The molecule has 6 heteroatoms. The van der Waals surface area contributed by atoms with Gasteiger partial charge in [0.15, 0.2) is 11.5 Å².